The van der Waals surface area contributed by atoms with Crippen LogP contribution >= 0.6 is 0 Å². The molecule has 0 saturated carbocycles. The van der Waals surface area contributed by atoms with Crippen molar-refractivity contribution < 1.29 is 22.3 Å². The Morgan fingerprint density at radius 3 is 2.23 bits per heavy atom. The van der Waals surface area contributed by atoms with Crippen molar-refractivity contribution in [1.82, 2.24) is 0 Å². The molecule has 0 heterocycles. The molecule has 0 radical (unpaired) electrons. The zero-order chi connectivity index (χ0) is 24.8. The predicted molar refractivity (Wildman–Crippen MR) is 133 cm³/mol. The number of hydrogen-bond donors (Lipinski definition) is 0. The Kier molecular flexibility index (Phi) is 8.06. The van der Waals surface area contributed by atoms with E-state index in [-0.39, 0.29) is 17.4 Å². The summed E-state index contributed by atoms with van der Waals surface area (Å²) >= 11 is 0. The fourth-order valence-corrected chi connectivity index (χ4v) is 4.34. The molecule has 5 heteroatoms. The second-order valence-corrected chi connectivity index (χ2v) is 8.77. The van der Waals surface area contributed by atoms with Crippen LogP contribution in [0, 0.1) is 11.6 Å². The minimum Gasteiger partial charge on any atom is -0.435 e. The van der Waals surface area contributed by atoms with E-state index in [1.807, 2.05) is 18.2 Å². The number of hydrogen-bond acceptors (Lipinski definition) is 1. The average Bonchev–Trinajstić information content (AvgIpc) is 2.84. The first-order chi connectivity index (χ1) is 16.9. The minimum atomic E-state index is -2.86. The summed E-state index contributed by atoms with van der Waals surface area (Å²) < 4.78 is 59.0. The molecular formula is C30H28F4O. The Bertz CT molecular complexity index is 1280. The van der Waals surface area contributed by atoms with Crippen LogP contribution in [-0.2, 0) is 19.3 Å². The Hall–Kier alpha value is -3.34. The lowest BCUT2D eigenvalue weighted by atomic mass is 9.96. The summed E-state index contributed by atoms with van der Waals surface area (Å²) in [6.07, 6.45) is 5.19. The number of benzene rings is 4. The van der Waals surface area contributed by atoms with E-state index in [1.54, 1.807) is 42.5 Å². The highest BCUT2D eigenvalue weighted by atomic mass is 19.3. The van der Waals surface area contributed by atoms with Crippen molar-refractivity contribution >= 4 is 10.8 Å². The molecule has 0 unspecified atom stereocenters. The molecule has 182 valence electrons. The number of halogens is 4. The van der Waals surface area contributed by atoms with Gasteiger partial charge in [-0.05, 0) is 77.6 Å². The summed E-state index contributed by atoms with van der Waals surface area (Å²) in [6, 6.07) is 20.6. The Morgan fingerprint density at radius 2 is 1.51 bits per heavy atom. The van der Waals surface area contributed by atoms with Crippen LogP contribution in [0.3, 0.4) is 0 Å². The lowest BCUT2D eigenvalue weighted by Crippen LogP contribution is -2.02. The quantitative estimate of drug-likeness (QED) is 0.163. The molecule has 0 aliphatic carbocycles. The van der Waals surface area contributed by atoms with Crippen LogP contribution in [0.25, 0.3) is 21.9 Å². The summed E-state index contributed by atoms with van der Waals surface area (Å²) in [7, 11) is 0. The van der Waals surface area contributed by atoms with E-state index < -0.39 is 6.61 Å². The molecule has 0 fully saturated rings. The molecule has 0 aliphatic rings. The maximum atomic E-state index is 15.2. The Balaban J connectivity index is 1.48. The molecular weight excluding hydrogens is 452 g/mol. The van der Waals surface area contributed by atoms with Crippen LogP contribution in [0.1, 0.15) is 42.9 Å². The molecule has 0 aromatic heterocycles. The highest BCUT2D eigenvalue weighted by molar-refractivity contribution is 5.88. The van der Waals surface area contributed by atoms with E-state index in [0.717, 1.165) is 36.8 Å². The van der Waals surface area contributed by atoms with Gasteiger partial charge < -0.3 is 4.74 Å². The van der Waals surface area contributed by atoms with Gasteiger partial charge in [-0.3, -0.25) is 0 Å². The highest BCUT2D eigenvalue weighted by Gasteiger charge is 2.12. The average molecular weight is 481 g/mol. The standard InChI is InChI=1S/C30H28F4O/c1-2-3-4-5-21-9-16-26(28(31)18-21)23-13-17-27-24(19-23)12-11-22(29(27)32)10-6-20-7-14-25(15-8-20)35-30(33)34/h7-9,11-19,30H,2-6,10H2,1H3. The van der Waals surface area contributed by atoms with Crippen molar-refractivity contribution in [3.05, 3.63) is 101 Å². The molecule has 4 rings (SSSR count). The fraction of sp³-hybridized carbons (Fsp3) is 0.267. The zero-order valence-electron chi connectivity index (χ0n) is 19.7. The summed E-state index contributed by atoms with van der Waals surface area (Å²) in [6.45, 7) is -0.718. The van der Waals surface area contributed by atoms with E-state index in [0.29, 0.717) is 40.3 Å². The molecule has 0 bridgehead atoms. The molecule has 1 nitrogen and oxygen atoms in total. The summed E-state index contributed by atoms with van der Waals surface area (Å²) in [5.74, 6) is -0.460. The maximum Gasteiger partial charge on any atom is 0.387 e. The number of fused-ring (bicyclic) bond motifs is 1. The van der Waals surface area contributed by atoms with Gasteiger partial charge >= 0.3 is 6.61 Å². The molecule has 0 atom stereocenters. The lowest BCUT2D eigenvalue weighted by molar-refractivity contribution is -0.0498. The SMILES string of the molecule is CCCCCc1ccc(-c2ccc3c(F)c(CCc4ccc(OC(F)F)cc4)ccc3c2)c(F)c1. The van der Waals surface area contributed by atoms with Gasteiger partial charge in [0.05, 0.1) is 0 Å². The number of rotatable bonds is 10. The van der Waals surface area contributed by atoms with E-state index >= 15 is 4.39 Å². The van der Waals surface area contributed by atoms with Crippen LogP contribution in [0.5, 0.6) is 5.75 Å². The van der Waals surface area contributed by atoms with E-state index in [2.05, 4.69) is 11.7 Å². The van der Waals surface area contributed by atoms with Crippen molar-refractivity contribution in [1.29, 1.82) is 0 Å². The third kappa shape index (κ3) is 6.21. The Morgan fingerprint density at radius 1 is 0.743 bits per heavy atom. The van der Waals surface area contributed by atoms with Gasteiger partial charge in [-0.2, -0.15) is 8.78 Å². The second-order valence-electron chi connectivity index (χ2n) is 8.77. The molecule has 0 N–H and O–H groups in total. The first-order valence-corrected chi connectivity index (χ1v) is 12.0. The highest BCUT2D eigenvalue weighted by Crippen LogP contribution is 2.30. The third-order valence-electron chi connectivity index (χ3n) is 6.28. The summed E-state index contributed by atoms with van der Waals surface area (Å²) in [5, 5.41) is 1.20. The van der Waals surface area contributed by atoms with E-state index in [1.165, 1.54) is 12.1 Å². The van der Waals surface area contributed by atoms with Gasteiger partial charge in [-0.1, -0.05) is 68.3 Å². The van der Waals surface area contributed by atoms with Gasteiger partial charge in [-0.15, -0.1) is 0 Å². The molecule has 4 aromatic carbocycles. The predicted octanol–water partition coefficient (Wildman–Crippen LogP) is 8.90. The van der Waals surface area contributed by atoms with Gasteiger partial charge in [0, 0.05) is 10.9 Å². The second kappa shape index (κ2) is 11.4. The van der Waals surface area contributed by atoms with Crippen LogP contribution < -0.4 is 4.74 Å². The van der Waals surface area contributed by atoms with Crippen LogP contribution in [0.4, 0.5) is 17.6 Å². The summed E-state index contributed by atoms with van der Waals surface area (Å²) in [5.41, 5.74) is 3.69. The molecule has 0 saturated heterocycles. The number of ether oxygens (including phenoxy) is 1. The zero-order valence-corrected chi connectivity index (χ0v) is 19.7. The smallest absolute Gasteiger partial charge is 0.387 e. The van der Waals surface area contributed by atoms with Gasteiger partial charge in [0.1, 0.15) is 17.4 Å². The normalized spacial score (nSPS) is 11.4. The third-order valence-corrected chi connectivity index (χ3v) is 6.28. The van der Waals surface area contributed by atoms with Crippen LogP contribution in [-0.4, -0.2) is 6.61 Å². The molecule has 0 aliphatic heterocycles. The van der Waals surface area contributed by atoms with Gasteiger partial charge in [0.15, 0.2) is 0 Å². The van der Waals surface area contributed by atoms with Gasteiger partial charge in [0.25, 0.3) is 0 Å². The monoisotopic (exact) mass is 480 g/mol. The lowest BCUT2D eigenvalue weighted by Gasteiger charge is -2.11. The van der Waals surface area contributed by atoms with Crippen molar-refractivity contribution in [2.75, 3.05) is 0 Å². The number of unbranched alkanes of at least 4 members (excludes halogenated alkanes) is 2. The van der Waals surface area contributed by atoms with Crippen molar-refractivity contribution in [3.8, 4) is 16.9 Å². The van der Waals surface area contributed by atoms with Crippen molar-refractivity contribution in [2.45, 2.75) is 52.1 Å². The number of aryl methyl sites for hydroxylation is 3. The molecule has 0 spiro atoms. The minimum absolute atomic E-state index is 0.0963. The molecule has 0 amide bonds. The number of alkyl halides is 2. The maximum absolute atomic E-state index is 15.2. The fourth-order valence-electron chi connectivity index (χ4n) is 4.34. The first-order valence-electron chi connectivity index (χ1n) is 12.0. The van der Waals surface area contributed by atoms with E-state index in [4.69, 9.17) is 0 Å². The summed E-state index contributed by atoms with van der Waals surface area (Å²) in [4.78, 5) is 0. The van der Waals surface area contributed by atoms with Gasteiger partial charge in [-0.25, -0.2) is 8.78 Å². The van der Waals surface area contributed by atoms with Crippen LogP contribution in [0.15, 0.2) is 72.8 Å². The largest absolute Gasteiger partial charge is 0.435 e. The Labute approximate surface area is 203 Å². The molecule has 4 aromatic rings. The van der Waals surface area contributed by atoms with Crippen molar-refractivity contribution in [2.24, 2.45) is 0 Å². The van der Waals surface area contributed by atoms with E-state index in [9.17, 15) is 13.2 Å². The molecule has 35 heavy (non-hydrogen) atoms. The topological polar surface area (TPSA) is 9.23 Å². The first kappa shape index (κ1) is 24.8. The van der Waals surface area contributed by atoms with Gasteiger partial charge in [0.2, 0.25) is 0 Å². The van der Waals surface area contributed by atoms with Crippen LogP contribution in [0.2, 0.25) is 0 Å². The van der Waals surface area contributed by atoms with Crippen molar-refractivity contribution in [3.63, 3.8) is 0 Å².